The van der Waals surface area contributed by atoms with Crippen LogP contribution in [0.25, 0.3) is 11.3 Å². The molecule has 0 aliphatic carbocycles. The molecule has 2 N–H and O–H groups in total. The molecule has 2 aromatic carbocycles. The van der Waals surface area contributed by atoms with E-state index in [0.717, 1.165) is 30.8 Å². The molecule has 154 valence electrons. The lowest BCUT2D eigenvalue weighted by Crippen LogP contribution is -2.38. The van der Waals surface area contributed by atoms with Crippen LogP contribution in [0.1, 0.15) is 16.8 Å². The van der Waals surface area contributed by atoms with Crippen molar-refractivity contribution in [1.29, 1.82) is 0 Å². The van der Waals surface area contributed by atoms with Gasteiger partial charge < -0.3 is 20.2 Å². The van der Waals surface area contributed by atoms with Crippen molar-refractivity contribution in [3.63, 3.8) is 0 Å². The molecule has 1 amide bonds. The molecular weight excluding hydrogens is 378 g/mol. The van der Waals surface area contributed by atoms with Crippen LogP contribution in [0.3, 0.4) is 0 Å². The Hall–Kier alpha value is -3.45. The van der Waals surface area contributed by atoms with Crippen molar-refractivity contribution in [3.05, 3.63) is 66.5 Å². The summed E-state index contributed by atoms with van der Waals surface area (Å²) in [5.74, 6) is 0.801. The SMILES string of the molecule is CN1CCC(N(C)C(=O)c2cccc(Nc3cncc(-c4ccc(O)cc4)n3)c2)C1. The number of anilines is 2. The predicted molar refractivity (Wildman–Crippen MR) is 117 cm³/mol. The molecule has 1 aliphatic rings. The van der Waals surface area contributed by atoms with Crippen molar-refractivity contribution in [2.75, 3.05) is 32.5 Å². The lowest BCUT2D eigenvalue weighted by Gasteiger charge is -2.24. The minimum Gasteiger partial charge on any atom is -0.508 e. The Morgan fingerprint density at radius 1 is 1.20 bits per heavy atom. The highest BCUT2D eigenvalue weighted by molar-refractivity contribution is 5.95. The van der Waals surface area contributed by atoms with E-state index in [1.165, 1.54) is 0 Å². The van der Waals surface area contributed by atoms with Gasteiger partial charge in [-0.25, -0.2) is 4.98 Å². The van der Waals surface area contributed by atoms with E-state index in [2.05, 4.69) is 27.2 Å². The van der Waals surface area contributed by atoms with Crippen molar-refractivity contribution < 1.29 is 9.90 Å². The standard InChI is InChI=1S/C23H25N5O2/c1-27-11-10-19(15-27)28(2)23(30)17-4-3-5-18(12-17)25-22-14-24-13-21(26-22)16-6-8-20(29)9-7-16/h3-9,12-14,19,29H,10-11,15H2,1-2H3,(H,25,26). The second kappa shape index (κ2) is 8.51. The maximum atomic E-state index is 12.9. The fourth-order valence-corrected chi connectivity index (χ4v) is 3.67. The van der Waals surface area contributed by atoms with Crippen LogP contribution in [0, 0.1) is 0 Å². The summed E-state index contributed by atoms with van der Waals surface area (Å²) in [5, 5.41) is 12.7. The first-order chi connectivity index (χ1) is 14.5. The van der Waals surface area contributed by atoms with Crippen molar-refractivity contribution in [3.8, 4) is 17.0 Å². The number of amides is 1. The zero-order chi connectivity index (χ0) is 21.1. The molecule has 7 nitrogen and oxygen atoms in total. The first kappa shape index (κ1) is 19.8. The molecule has 7 heteroatoms. The summed E-state index contributed by atoms with van der Waals surface area (Å²) in [4.78, 5) is 25.9. The third-order valence-corrected chi connectivity index (χ3v) is 5.41. The van der Waals surface area contributed by atoms with Crippen LogP contribution in [0.4, 0.5) is 11.5 Å². The minimum atomic E-state index is 0.0166. The van der Waals surface area contributed by atoms with E-state index in [-0.39, 0.29) is 17.7 Å². The number of nitrogens with one attached hydrogen (secondary N) is 1. The van der Waals surface area contributed by atoms with E-state index in [9.17, 15) is 9.90 Å². The highest BCUT2D eigenvalue weighted by Gasteiger charge is 2.27. The minimum absolute atomic E-state index is 0.0166. The second-order valence-corrected chi connectivity index (χ2v) is 7.66. The van der Waals surface area contributed by atoms with Gasteiger partial charge in [0.05, 0.1) is 18.1 Å². The van der Waals surface area contributed by atoms with E-state index in [1.807, 2.05) is 36.2 Å². The van der Waals surface area contributed by atoms with Crippen molar-refractivity contribution in [2.24, 2.45) is 0 Å². The monoisotopic (exact) mass is 403 g/mol. The molecule has 2 heterocycles. The quantitative estimate of drug-likeness (QED) is 0.680. The van der Waals surface area contributed by atoms with E-state index in [1.54, 1.807) is 36.7 Å². The van der Waals surface area contributed by atoms with Crippen molar-refractivity contribution >= 4 is 17.4 Å². The lowest BCUT2D eigenvalue weighted by atomic mass is 10.1. The third kappa shape index (κ3) is 4.41. The number of aromatic nitrogens is 2. The smallest absolute Gasteiger partial charge is 0.253 e. The third-order valence-electron chi connectivity index (χ3n) is 5.41. The maximum absolute atomic E-state index is 12.9. The van der Waals surface area contributed by atoms with Crippen LogP contribution in [0.5, 0.6) is 5.75 Å². The van der Waals surface area contributed by atoms with Gasteiger partial charge in [0.2, 0.25) is 0 Å². The molecule has 1 aromatic heterocycles. The number of likely N-dealkylation sites (N-methyl/N-ethyl adjacent to an activating group) is 2. The predicted octanol–water partition coefficient (Wildman–Crippen LogP) is 3.37. The maximum Gasteiger partial charge on any atom is 0.253 e. The van der Waals surface area contributed by atoms with Gasteiger partial charge in [-0.2, -0.15) is 0 Å². The summed E-state index contributed by atoms with van der Waals surface area (Å²) in [7, 11) is 3.95. The average Bonchev–Trinajstić information content (AvgIpc) is 3.20. The highest BCUT2D eigenvalue weighted by Crippen LogP contribution is 2.23. The molecule has 0 bridgehead atoms. The Kier molecular flexibility index (Phi) is 5.63. The molecule has 1 atom stereocenters. The Bertz CT molecular complexity index is 1040. The number of phenolic OH excluding ortho intramolecular Hbond substituents is 1. The van der Waals surface area contributed by atoms with E-state index >= 15 is 0 Å². The summed E-state index contributed by atoms with van der Waals surface area (Å²) in [6.07, 6.45) is 4.31. The van der Waals surface area contributed by atoms with Gasteiger partial charge >= 0.3 is 0 Å². The van der Waals surface area contributed by atoms with E-state index in [0.29, 0.717) is 17.1 Å². The number of nitrogens with zero attached hydrogens (tertiary/aromatic N) is 4. The zero-order valence-corrected chi connectivity index (χ0v) is 17.1. The van der Waals surface area contributed by atoms with Crippen molar-refractivity contribution in [1.82, 2.24) is 19.8 Å². The molecule has 4 rings (SSSR count). The van der Waals surface area contributed by atoms with Gasteiger partial charge in [0.15, 0.2) is 0 Å². The first-order valence-electron chi connectivity index (χ1n) is 9.94. The number of hydrogen-bond acceptors (Lipinski definition) is 6. The zero-order valence-electron chi connectivity index (χ0n) is 17.1. The Balaban J connectivity index is 1.50. The number of carbonyl (C=O) groups is 1. The number of phenols is 1. The molecular formula is C23H25N5O2. The van der Waals surface area contributed by atoms with Gasteiger partial charge in [0.1, 0.15) is 11.6 Å². The van der Waals surface area contributed by atoms with Gasteiger partial charge in [-0.15, -0.1) is 0 Å². The number of aromatic hydroxyl groups is 1. The van der Waals surface area contributed by atoms with Gasteiger partial charge in [-0.05, 0) is 62.5 Å². The number of hydrogen-bond donors (Lipinski definition) is 2. The molecule has 0 spiro atoms. The van der Waals surface area contributed by atoms with Gasteiger partial charge in [-0.3, -0.25) is 9.78 Å². The van der Waals surface area contributed by atoms with Crippen LogP contribution in [0.2, 0.25) is 0 Å². The van der Waals surface area contributed by atoms with Gasteiger partial charge in [0.25, 0.3) is 5.91 Å². The topological polar surface area (TPSA) is 81.6 Å². The molecule has 1 fully saturated rings. The molecule has 30 heavy (non-hydrogen) atoms. The number of benzene rings is 2. The Labute approximate surface area is 176 Å². The summed E-state index contributed by atoms with van der Waals surface area (Å²) in [6, 6.07) is 14.5. The Morgan fingerprint density at radius 2 is 2.00 bits per heavy atom. The summed E-state index contributed by atoms with van der Waals surface area (Å²) in [6.45, 7) is 1.92. The van der Waals surface area contributed by atoms with Gasteiger partial charge in [0, 0.05) is 36.4 Å². The van der Waals surface area contributed by atoms with Crippen LogP contribution < -0.4 is 5.32 Å². The second-order valence-electron chi connectivity index (χ2n) is 7.66. The van der Waals surface area contributed by atoms with E-state index < -0.39 is 0 Å². The summed E-state index contributed by atoms with van der Waals surface area (Å²) in [5.41, 5.74) is 2.96. The number of rotatable bonds is 5. The van der Waals surface area contributed by atoms with Crippen LogP contribution in [0.15, 0.2) is 60.9 Å². The van der Waals surface area contributed by atoms with Gasteiger partial charge in [-0.1, -0.05) is 6.07 Å². The molecule has 1 unspecified atom stereocenters. The molecule has 0 saturated carbocycles. The Morgan fingerprint density at radius 3 is 2.73 bits per heavy atom. The highest BCUT2D eigenvalue weighted by atomic mass is 16.3. The summed E-state index contributed by atoms with van der Waals surface area (Å²) < 4.78 is 0. The molecule has 3 aromatic rings. The fourth-order valence-electron chi connectivity index (χ4n) is 3.67. The molecule has 1 aliphatic heterocycles. The largest absolute Gasteiger partial charge is 0.508 e. The van der Waals surface area contributed by atoms with E-state index in [4.69, 9.17) is 0 Å². The lowest BCUT2D eigenvalue weighted by molar-refractivity contribution is 0.0737. The summed E-state index contributed by atoms with van der Waals surface area (Å²) >= 11 is 0. The molecule has 0 radical (unpaired) electrons. The average molecular weight is 403 g/mol. The normalized spacial score (nSPS) is 16.4. The van der Waals surface area contributed by atoms with Crippen LogP contribution in [-0.4, -0.2) is 64.0 Å². The van der Waals surface area contributed by atoms with Crippen LogP contribution in [-0.2, 0) is 0 Å². The van der Waals surface area contributed by atoms with Crippen molar-refractivity contribution in [2.45, 2.75) is 12.5 Å². The molecule has 1 saturated heterocycles. The fraction of sp³-hybridized carbons (Fsp3) is 0.261. The first-order valence-corrected chi connectivity index (χ1v) is 9.94. The number of likely N-dealkylation sites (tertiary alicyclic amines) is 1. The van der Waals surface area contributed by atoms with Crippen LogP contribution >= 0.6 is 0 Å². The number of carbonyl (C=O) groups excluding carboxylic acids is 1.